The molecule has 0 spiro atoms. The molecule has 0 aromatic heterocycles. The van der Waals surface area contributed by atoms with E-state index < -0.39 is 9.84 Å². The summed E-state index contributed by atoms with van der Waals surface area (Å²) in [4.78, 5) is 0.329. The van der Waals surface area contributed by atoms with Crippen molar-refractivity contribution in [1.82, 2.24) is 0 Å². The van der Waals surface area contributed by atoms with Gasteiger partial charge in [-0.2, -0.15) is 0 Å². The summed E-state index contributed by atoms with van der Waals surface area (Å²) in [5.74, 6) is 0.520. The molecule has 0 fully saturated rings. The molecule has 0 aliphatic carbocycles. The molecule has 0 amide bonds. The smallest absolute Gasteiger partial charge is 0.199 e. The minimum atomic E-state index is -3.29. The van der Waals surface area contributed by atoms with Crippen LogP contribution in [0.25, 0.3) is 0 Å². The second-order valence-corrected chi connectivity index (χ2v) is 5.85. The van der Waals surface area contributed by atoms with E-state index in [0.29, 0.717) is 10.8 Å². The zero-order chi connectivity index (χ0) is 11.5. The van der Waals surface area contributed by atoms with Crippen molar-refractivity contribution < 1.29 is 8.42 Å². The average molecular weight is 224 g/mol. The lowest BCUT2D eigenvalue weighted by atomic mass is 10.0. The highest BCUT2D eigenvalue weighted by Gasteiger charge is 2.09. The maximum atomic E-state index is 11.5. The number of sulfone groups is 1. The van der Waals surface area contributed by atoms with Gasteiger partial charge in [0.25, 0.3) is 0 Å². The Balaban J connectivity index is 3.08. The first kappa shape index (κ1) is 12.0. The lowest BCUT2D eigenvalue weighted by molar-refractivity contribution is 0.603. The molecule has 0 unspecified atom stereocenters. The lowest BCUT2D eigenvalue weighted by Crippen LogP contribution is -1.99. The monoisotopic (exact) mass is 224 g/mol. The number of rotatable bonds is 4. The van der Waals surface area contributed by atoms with E-state index in [2.05, 4.69) is 20.4 Å². The van der Waals surface area contributed by atoms with Gasteiger partial charge in [-0.3, -0.25) is 0 Å². The highest BCUT2D eigenvalue weighted by atomic mass is 32.2. The Labute approximate surface area is 91.6 Å². The minimum absolute atomic E-state index is 0.329. The molecule has 0 heterocycles. The van der Waals surface area contributed by atoms with Crippen LogP contribution in [-0.4, -0.2) is 8.42 Å². The van der Waals surface area contributed by atoms with Crippen molar-refractivity contribution in [2.75, 3.05) is 0 Å². The van der Waals surface area contributed by atoms with Crippen LogP contribution >= 0.6 is 0 Å². The minimum Gasteiger partial charge on any atom is -0.219 e. The van der Waals surface area contributed by atoms with Crippen LogP contribution in [-0.2, 0) is 16.3 Å². The standard InChI is InChI=1S/C12H16O2S/c1-4-15(13,14)12-7-5-6-11(9-12)8-10(2)3/h4-7,9-10H,1,8H2,2-3H3. The number of benzene rings is 1. The summed E-state index contributed by atoms with van der Waals surface area (Å²) >= 11 is 0. The van der Waals surface area contributed by atoms with Crippen molar-refractivity contribution in [3.63, 3.8) is 0 Å². The van der Waals surface area contributed by atoms with Crippen molar-refractivity contribution in [3.8, 4) is 0 Å². The normalized spacial score (nSPS) is 11.7. The van der Waals surface area contributed by atoms with Gasteiger partial charge < -0.3 is 0 Å². The van der Waals surface area contributed by atoms with E-state index in [1.807, 2.05) is 6.07 Å². The number of hydrogen-bond acceptors (Lipinski definition) is 2. The van der Waals surface area contributed by atoms with Gasteiger partial charge in [-0.05, 0) is 30.0 Å². The molecule has 1 aromatic carbocycles. The first-order valence-electron chi connectivity index (χ1n) is 4.92. The van der Waals surface area contributed by atoms with E-state index >= 15 is 0 Å². The van der Waals surface area contributed by atoms with E-state index in [-0.39, 0.29) is 0 Å². The van der Waals surface area contributed by atoms with Gasteiger partial charge in [0.15, 0.2) is 9.84 Å². The van der Waals surface area contributed by atoms with E-state index in [4.69, 9.17) is 0 Å². The largest absolute Gasteiger partial charge is 0.219 e. The first-order chi connectivity index (χ1) is 6.95. The Hall–Kier alpha value is -1.09. The fourth-order valence-electron chi connectivity index (χ4n) is 1.42. The summed E-state index contributed by atoms with van der Waals surface area (Å²) in [5, 5.41) is 0.988. The molecule has 0 N–H and O–H groups in total. The number of hydrogen-bond donors (Lipinski definition) is 0. The SMILES string of the molecule is C=CS(=O)(=O)c1cccc(CC(C)C)c1. The summed E-state index contributed by atoms with van der Waals surface area (Å²) < 4.78 is 23.0. The summed E-state index contributed by atoms with van der Waals surface area (Å²) in [7, 11) is -3.29. The zero-order valence-corrected chi connectivity index (χ0v) is 9.92. The van der Waals surface area contributed by atoms with Gasteiger partial charge >= 0.3 is 0 Å². The lowest BCUT2D eigenvalue weighted by Gasteiger charge is -2.06. The summed E-state index contributed by atoms with van der Waals surface area (Å²) in [6, 6.07) is 7.04. The highest BCUT2D eigenvalue weighted by Crippen LogP contribution is 2.16. The fraction of sp³-hybridized carbons (Fsp3) is 0.333. The van der Waals surface area contributed by atoms with E-state index in [9.17, 15) is 8.42 Å². The van der Waals surface area contributed by atoms with Gasteiger partial charge in [0, 0.05) is 5.41 Å². The molecular weight excluding hydrogens is 208 g/mol. The molecule has 3 heteroatoms. The predicted molar refractivity (Wildman–Crippen MR) is 62.4 cm³/mol. The van der Waals surface area contributed by atoms with Crippen LogP contribution in [0, 0.1) is 5.92 Å². The van der Waals surface area contributed by atoms with Crippen molar-refractivity contribution in [3.05, 3.63) is 41.8 Å². The van der Waals surface area contributed by atoms with Gasteiger partial charge in [0.05, 0.1) is 4.90 Å². The van der Waals surface area contributed by atoms with Crippen LogP contribution < -0.4 is 0 Å². The predicted octanol–water partition coefficient (Wildman–Crippen LogP) is 2.80. The second kappa shape index (κ2) is 4.62. The van der Waals surface area contributed by atoms with Crippen LogP contribution in [0.15, 0.2) is 41.1 Å². The molecule has 15 heavy (non-hydrogen) atoms. The summed E-state index contributed by atoms with van der Waals surface area (Å²) in [6.45, 7) is 7.52. The van der Waals surface area contributed by atoms with Crippen molar-refractivity contribution >= 4 is 9.84 Å². The highest BCUT2D eigenvalue weighted by molar-refractivity contribution is 7.94. The van der Waals surface area contributed by atoms with Crippen LogP contribution in [0.4, 0.5) is 0 Å². The third-order valence-electron chi connectivity index (χ3n) is 2.09. The Bertz CT molecular complexity index is 444. The quantitative estimate of drug-likeness (QED) is 0.788. The summed E-state index contributed by atoms with van der Waals surface area (Å²) in [5.41, 5.74) is 1.05. The molecule has 0 aliphatic rings. The third-order valence-corrected chi connectivity index (χ3v) is 3.44. The zero-order valence-electron chi connectivity index (χ0n) is 9.10. The van der Waals surface area contributed by atoms with Gasteiger partial charge in [-0.25, -0.2) is 8.42 Å². The van der Waals surface area contributed by atoms with Crippen LogP contribution in [0.1, 0.15) is 19.4 Å². The second-order valence-electron chi connectivity index (χ2n) is 3.96. The molecule has 2 nitrogen and oxygen atoms in total. The molecule has 1 rings (SSSR count). The molecule has 0 radical (unpaired) electrons. The topological polar surface area (TPSA) is 34.1 Å². The van der Waals surface area contributed by atoms with Gasteiger partial charge in [-0.1, -0.05) is 32.6 Å². The Morgan fingerprint density at radius 2 is 2.07 bits per heavy atom. The van der Waals surface area contributed by atoms with Gasteiger partial charge in [0.1, 0.15) is 0 Å². The molecule has 0 atom stereocenters. The maximum absolute atomic E-state index is 11.5. The van der Waals surface area contributed by atoms with Crippen molar-refractivity contribution in [1.29, 1.82) is 0 Å². The first-order valence-corrected chi connectivity index (χ1v) is 6.47. The van der Waals surface area contributed by atoms with Gasteiger partial charge in [-0.15, -0.1) is 0 Å². The Morgan fingerprint density at radius 3 is 2.60 bits per heavy atom. The van der Waals surface area contributed by atoms with Crippen LogP contribution in [0.3, 0.4) is 0 Å². The molecule has 0 saturated heterocycles. The molecule has 82 valence electrons. The maximum Gasteiger partial charge on any atom is 0.199 e. The van der Waals surface area contributed by atoms with Crippen molar-refractivity contribution in [2.24, 2.45) is 5.92 Å². The molecule has 0 saturated carbocycles. The van der Waals surface area contributed by atoms with E-state index in [1.54, 1.807) is 18.2 Å². The molecular formula is C12H16O2S. The van der Waals surface area contributed by atoms with E-state index in [0.717, 1.165) is 17.4 Å². The van der Waals surface area contributed by atoms with Crippen LogP contribution in [0.5, 0.6) is 0 Å². The summed E-state index contributed by atoms with van der Waals surface area (Å²) in [6.07, 6.45) is 0.889. The third kappa shape index (κ3) is 3.20. The van der Waals surface area contributed by atoms with E-state index in [1.165, 1.54) is 0 Å². The molecule has 0 aliphatic heterocycles. The molecule has 0 bridgehead atoms. The van der Waals surface area contributed by atoms with Crippen LogP contribution in [0.2, 0.25) is 0 Å². The van der Waals surface area contributed by atoms with Crippen molar-refractivity contribution in [2.45, 2.75) is 25.2 Å². The molecule has 1 aromatic rings. The van der Waals surface area contributed by atoms with Gasteiger partial charge in [0.2, 0.25) is 0 Å². The Kier molecular flexibility index (Phi) is 3.69. The average Bonchev–Trinajstić information content (AvgIpc) is 2.17. The Morgan fingerprint density at radius 1 is 1.40 bits per heavy atom. The fourth-order valence-corrected chi connectivity index (χ4v) is 2.19.